The first-order chi connectivity index (χ1) is 11.5. The molecule has 128 valence electrons. The van der Waals surface area contributed by atoms with Gasteiger partial charge in [0.1, 0.15) is 29.3 Å². The number of nitrogens with one attached hydrogen (secondary N) is 1. The zero-order valence-electron chi connectivity index (χ0n) is 13.3. The number of aromatic hydroxyl groups is 1. The van der Waals surface area contributed by atoms with Gasteiger partial charge in [0.2, 0.25) is 0 Å². The summed E-state index contributed by atoms with van der Waals surface area (Å²) >= 11 is 0. The highest BCUT2D eigenvalue weighted by Gasteiger charge is 2.49. The van der Waals surface area contributed by atoms with Crippen LogP contribution >= 0.6 is 0 Å². The van der Waals surface area contributed by atoms with Gasteiger partial charge < -0.3 is 25.0 Å². The fourth-order valence-corrected chi connectivity index (χ4v) is 4.14. The van der Waals surface area contributed by atoms with Gasteiger partial charge in [0.05, 0.1) is 5.52 Å². The number of benzene rings is 1. The van der Waals surface area contributed by atoms with Crippen LogP contribution in [0.3, 0.4) is 0 Å². The number of pyridine rings is 1. The van der Waals surface area contributed by atoms with Crippen molar-refractivity contribution in [3.05, 3.63) is 34.1 Å². The third-order valence-electron chi connectivity index (χ3n) is 5.39. The molecule has 4 rings (SSSR count). The molecule has 1 aromatic carbocycles. The summed E-state index contributed by atoms with van der Waals surface area (Å²) < 4.78 is 6.20. The molecular formula is C18H21NO5. The summed E-state index contributed by atoms with van der Waals surface area (Å²) in [6.45, 7) is 0. The molecule has 1 aromatic heterocycles. The lowest BCUT2D eigenvalue weighted by atomic mass is 9.80. The van der Waals surface area contributed by atoms with Crippen molar-refractivity contribution in [2.24, 2.45) is 0 Å². The van der Waals surface area contributed by atoms with Gasteiger partial charge in [-0.2, -0.15) is 0 Å². The molecule has 1 aliphatic carbocycles. The van der Waals surface area contributed by atoms with Crippen LogP contribution in [-0.2, 0) is 0 Å². The average Bonchev–Trinajstić information content (AvgIpc) is 2.78. The van der Waals surface area contributed by atoms with E-state index in [2.05, 4.69) is 4.98 Å². The van der Waals surface area contributed by atoms with Crippen molar-refractivity contribution in [3.8, 4) is 11.5 Å². The number of aliphatic hydroxyl groups excluding tert-OH is 2. The molecule has 2 heterocycles. The Morgan fingerprint density at radius 3 is 2.54 bits per heavy atom. The molecule has 1 spiro atoms. The van der Waals surface area contributed by atoms with E-state index in [1.54, 1.807) is 12.1 Å². The van der Waals surface area contributed by atoms with Crippen LogP contribution in [0, 0.1) is 0 Å². The second kappa shape index (κ2) is 5.50. The molecule has 6 heteroatoms. The number of hydrogen-bond acceptors (Lipinski definition) is 5. The number of rotatable bonds is 0. The predicted molar refractivity (Wildman–Crippen MR) is 88.3 cm³/mol. The molecule has 1 aliphatic heterocycles. The first kappa shape index (κ1) is 15.5. The van der Waals surface area contributed by atoms with Crippen molar-refractivity contribution >= 4 is 10.9 Å². The topological polar surface area (TPSA) is 103 Å². The van der Waals surface area contributed by atoms with Crippen LogP contribution in [0.15, 0.2) is 23.0 Å². The molecule has 0 amide bonds. The molecule has 1 saturated carbocycles. The quantitative estimate of drug-likeness (QED) is 0.592. The monoisotopic (exact) mass is 331 g/mol. The van der Waals surface area contributed by atoms with E-state index >= 15 is 0 Å². The fraction of sp³-hybridized carbons (Fsp3) is 0.500. The predicted octanol–water partition coefficient (Wildman–Crippen LogP) is 2.11. The third-order valence-corrected chi connectivity index (χ3v) is 5.39. The van der Waals surface area contributed by atoms with Crippen molar-refractivity contribution < 1.29 is 20.1 Å². The van der Waals surface area contributed by atoms with Crippen LogP contribution < -0.4 is 10.3 Å². The average molecular weight is 331 g/mol. The van der Waals surface area contributed by atoms with Gasteiger partial charge in [-0.25, -0.2) is 0 Å². The number of ether oxygens (including phenoxy) is 1. The third kappa shape index (κ3) is 2.21. The van der Waals surface area contributed by atoms with Crippen LogP contribution in [0.1, 0.15) is 50.2 Å². The van der Waals surface area contributed by atoms with Crippen molar-refractivity contribution in [1.29, 1.82) is 0 Å². The molecule has 2 aliphatic rings. The molecule has 0 unspecified atom stereocenters. The smallest absolute Gasteiger partial charge is 0.252 e. The van der Waals surface area contributed by atoms with Gasteiger partial charge >= 0.3 is 0 Å². The standard InChI is InChI=1S/C18H21NO5/c20-11-9-13(21)19-15-10(11)5-6-12-14(15)16(22)17(23)18(24-12)7-3-1-2-4-8-18/h5-6,9,16-17,22-23H,1-4,7-8H2,(H2,19,20,21)/t16-,17-/m1/s1. The Balaban J connectivity index is 1.90. The largest absolute Gasteiger partial charge is 0.507 e. The van der Waals surface area contributed by atoms with E-state index in [0.717, 1.165) is 31.7 Å². The first-order valence-electron chi connectivity index (χ1n) is 8.46. The van der Waals surface area contributed by atoms with E-state index in [1.807, 2.05) is 0 Å². The van der Waals surface area contributed by atoms with E-state index in [4.69, 9.17) is 4.74 Å². The molecule has 0 radical (unpaired) electrons. The molecule has 0 bridgehead atoms. The Labute approximate surface area is 138 Å². The second-order valence-electron chi connectivity index (χ2n) is 6.89. The highest BCUT2D eigenvalue weighted by molar-refractivity contribution is 5.89. The number of hydrogen-bond donors (Lipinski definition) is 4. The summed E-state index contributed by atoms with van der Waals surface area (Å²) in [5.74, 6) is 0.302. The van der Waals surface area contributed by atoms with Crippen molar-refractivity contribution in [1.82, 2.24) is 4.98 Å². The zero-order valence-corrected chi connectivity index (χ0v) is 13.3. The van der Waals surface area contributed by atoms with Gasteiger partial charge in [-0.15, -0.1) is 0 Å². The van der Waals surface area contributed by atoms with Crippen LogP contribution in [0.25, 0.3) is 10.9 Å². The maximum absolute atomic E-state index is 11.7. The maximum Gasteiger partial charge on any atom is 0.252 e. The summed E-state index contributed by atoms with van der Waals surface area (Å²) in [6.07, 6.45) is 3.24. The summed E-state index contributed by atoms with van der Waals surface area (Å²) in [5.41, 5.74) is -0.603. The fourth-order valence-electron chi connectivity index (χ4n) is 4.14. The van der Waals surface area contributed by atoms with E-state index in [-0.39, 0.29) is 5.75 Å². The minimum Gasteiger partial charge on any atom is -0.507 e. The molecular weight excluding hydrogens is 310 g/mol. The van der Waals surface area contributed by atoms with Gasteiger partial charge in [-0.3, -0.25) is 4.79 Å². The van der Waals surface area contributed by atoms with Crippen molar-refractivity contribution in [3.63, 3.8) is 0 Å². The van der Waals surface area contributed by atoms with Crippen molar-refractivity contribution in [2.75, 3.05) is 0 Å². The van der Waals surface area contributed by atoms with Gasteiger partial charge in [0, 0.05) is 17.0 Å². The van der Waals surface area contributed by atoms with E-state index in [0.29, 0.717) is 35.1 Å². The molecule has 2 atom stereocenters. The van der Waals surface area contributed by atoms with Crippen LogP contribution in [-0.4, -0.2) is 32.0 Å². The van der Waals surface area contributed by atoms with Gasteiger partial charge in [0.15, 0.2) is 0 Å². The van der Waals surface area contributed by atoms with E-state index in [9.17, 15) is 20.1 Å². The zero-order chi connectivity index (χ0) is 16.9. The molecule has 2 aromatic rings. The van der Waals surface area contributed by atoms with E-state index < -0.39 is 23.4 Å². The van der Waals surface area contributed by atoms with Crippen LogP contribution in [0.5, 0.6) is 11.5 Å². The summed E-state index contributed by atoms with van der Waals surface area (Å²) in [7, 11) is 0. The Hall–Kier alpha value is -2.05. The highest BCUT2D eigenvalue weighted by Crippen LogP contribution is 2.48. The number of aromatic amines is 1. The van der Waals surface area contributed by atoms with Gasteiger partial charge in [-0.1, -0.05) is 12.8 Å². The maximum atomic E-state index is 11.7. The Morgan fingerprint density at radius 2 is 1.83 bits per heavy atom. The summed E-state index contributed by atoms with van der Waals surface area (Å²) in [5, 5.41) is 32.0. The summed E-state index contributed by atoms with van der Waals surface area (Å²) in [6, 6.07) is 4.44. The lowest BCUT2D eigenvalue weighted by molar-refractivity contribution is -0.135. The molecule has 0 saturated heterocycles. The van der Waals surface area contributed by atoms with Crippen LogP contribution in [0.2, 0.25) is 0 Å². The molecule has 6 nitrogen and oxygen atoms in total. The molecule has 1 fully saturated rings. The number of fused-ring (bicyclic) bond motifs is 3. The minimum atomic E-state index is -1.17. The lowest BCUT2D eigenvalue weighted by Gasteiger charge is -2.44. The minimum absolute atomic E-state index is 0.159. The highest BCUT2D eigenvalue weighted by atomic mass is 16.5. The second-order valence-corrected chi connectivity index (χ2v) is 6.89. The van der Waals surface area contributed by atoms with E-state index in [1.165, 1.54) is 0 Å². The first-order valence-corrected chi connectivity index (χ1v) is 8.46. The summed E-state index contributed by atoms with van der Waals surface area (Å²) in [4.78, 5) is 14.4. The van der Waals surface area contributed by atoms with Crippen molar-refractivity contribution in [2.45, 2.75) is 56.3 Å². The molecule has 24 heavy (non-hydrogen) atoms. The van der Waals surface area contributed by atoms with Gasteiger partial charge in [0.25, 0.3) is 5.56 Å². The van der Waals surface area contributed by atoms with Gasteiger partial charge in [-0.05, 0) is 37.8 Å². The number of aromatic nitrogens is 1. The number of aliphatic hydroxyl groups is 2. The lowest BCUT2D eigenvalue weighted by Crippen LogP contribution is -2.53. The van der Waals surface area contributed by atoms with Crippen LogP contribution in [0.4, 0.5) is 0 Å². The SMILES string of the molecule is O=c1cc(O)c2ccc3c(c2[nH]1)[C@@H](O)[C@@H](O)C1(CCCCCC1)O3. The Kier molecular flexibility index (Phi) is 3.54. The normalized spacial score (nSPS) is 25.9. The molecule has 4 N–H and O–H groups in total. The Morgan fingerprint density at radius 1 is 1.12 bits per heavy atom. The number of H-pyrrole nitrogens is 1. The Bertz CT molecular complexity index is 835.